The summed E-state index contributed by atoms with van der Waals surface area (Å²) < 4.78 is 7.37. The van der Waals surface area contributed by atoms with Crippen molar-refractivity contribution >= 4 is 0 Å². The number of rotatable bonds is 1. The zero-order valence-electron chi connectivity index (χ0n) is 8.59. The molecule has 0 saturated carbocycles. The molecule has 0 spiro atoms. The smallest absolute Gasteiger partial charge is 0.179 e. The quantitative estimate of drug-likeness (QED) is 0.729. The second-order valence-corrected chi connectivity index (χ2v) is 4.26. The Bertz CT molecular complexity index is 358. The van der Waals surface area contributed by atoms with Crippen LogP contribution in [-0.2, 0) is 17.7 Å². The van der Waals surface area contributed by atoms with E-state index in [0.29, 0.717) is 6.54 Å². The minimum absolute atomic E-state index is 0.0836. The van der Waals surface area contributed by atoms with Crippen molar-refractivity contribution in [3.05, 3.63) is 11.6 Å². The van der Waals surface area contributed by atoms with Gasteiger partial charge in [0.1, 0.15) is 11.9 Å². The molecule has 3 rings (SSSR count). The standard InChI is InChI=1S/C10H15N3O2/c14-7-3-4-9-11-10(12-13(9)6-7)8-2-1-5-15-8/h7-8,14H,1-6H2. The third-order valence-corrected chi connectivity index (χ3v) is 3.07. The highest BCUT2D eigenvalue weighted by Gasteiger charge is 2.26. The SMILES string of the molecule is OC1CCc2nc(C3CCCO3)nn2C1. The van der Waals surface area contributed by atoms with Crippen molar-refractivity contribution in [3.63, 3.8) is 0 Å². The Morgan fingerprint density at radius 2 is 2.33 bits per heavy atom. The van der Waals surface area contributed by atoms with Crippen LogP contribution in [-0.4, -0.2) is 32.6 Å². The molecule has 1 fully saturated rings. The van der Waals surface area contributed by atoms with Gasteiger partial charge in [-0.2, -0.15) is 5.10 Å². The maximum Gasteiger partial charge on any atom is 0.179 e. The highest BCUT2D eigenvalue weighted by molar-refractivity contribution is 5.00. The van der Waals surface area contributed by atoms with Gasteiger partial charge < -0.3 is 9.84 Å². The fourth-order valence-electron chi connectivity index (χ4n) is 2.23. The Morgan fingerprint density at radius 1 is 1.40 bits per heavy atom. The van der Waals surface area contributed by atoms with E-state index < -0.39 is 0 Å². The summed E-state index contributed by atoms with van der Waals surface area (Å²) in [5, 5.41) is 13.9. The minimum atomic E-state index is -0.267. The molecule has 0 bridgehead atoms. The van der Waals surface area contributed by atoms with Gasteiger partial charge >= 0.3 is 0 Å². The Morgan fingerprint density at radius 3 is 3.13 bits per heavy atom. The van der Waals surface area contributed by atoms with Crippen molar-refractivity contribution in [2.24, 2.45) is 0 Å². The van der Waals surface area contributed by atoms with Gasteiger partial charge in [-0.1, -0.05) is 0 Å². The van der Waals surface area contributed by atoms with Crippen LogP contribution in [0, 0.1) is 0 Å². The summed E-state index contributed by atoms with van der Waals surface area (Å²) >= 11 is 0. The molecule has 2 aliphatic heterocycles. The normalized spacial score (nSPS) is 30.5. The summed E-state index contributed by atoms with van der Waals surface area (Å²) in [6.07, 6.45) is 3.55. The molecule has 2 aliphatic rings. The van der Waals surface area contributed by atoms with E-state index in [1.807, 2.05) is 4.68 Å². The Labute approximate surface area is 88.1 Å². The first-order chi connectivity index (χ1) is 7.33. The number of aromatic nitrogens is 3. The molecule has 1 aromatic rings. The van der Waals surface area contributed by atoms with E-state index in [9.17, 15) is 5.11 Å². The number of fused-ring (bicyclic) bond motifs is 1. The number of aryl methyl sites for hydroxylation is 1. The third kappa shape index (κ3) is 1.66. The minimum Gasteiger partial charge on any atom is -0.391 e. The van der Waals surface area contributed by atoms with Crippen molar-refractivity contribution in [2.45, 2.75) is 44.4 Å². The van der Waals surface area contributed by atoms with Gasteiger partial charge in [0.15, 0.2) is 5.82 Å². The summed E-state index contributed by atoms with van der Waals surface area (Å²) in [4.78, 5) is 4.48. The van der Waals surface area contributed by atoms with Crippen LogP contribution in [0.5, 0.6) is 0 Å². The van der Waals surface area contributed by atoms with Crippen LogP contribution < -0.4 is 0 Å². The maximum atomic E-state index is 9.51. The van der Waals surface area contributed by atoms with Crippen molar-refractivity contribution in [3.8, 4) is 0 Å². The van der Waals surface area contributed by atoms with E-state index in [1.54, 1.807) is 0 Å². The van der Waals surface area contributed by atoms with Gasteiger partial charge in [0, 0.05) is 13.0 Å². The van der Waals surface area contributed by atoms with Gasteiger partial charge in [0.2, 0.25) is 0 Å². The predicted molar refractivity (Wildman–Crippen MR) is 52.3 cm³/mol. The van der Waals surface area contributed by atoms with E-state index in [-0.39, 0.29) is 12.2 Å². The van der Waals surface area contributed by atoms with Crippen LogP contribution in [0.15, 0.2) is 0 Å². The molecular weight excluding hydrogens is 194 g/mol. The molecule has 0 aromatic carbocycles. The largest absolute Gasteiger partial charge is 0.391 e. The summed E-state index contributed by atoms with van der Waals surface area (Å²) in [5.74, 6) is 1.79. The molecule has 15 heavy (non-hydrogen) atoms. The van der Waals surface area contributed by atoms with Gasteiger partial charge in [-0.15, -0.1) is 0 Å². The molecule has 1 aromatic heterocycles. The van der Waals surface area contributed by atoms with Gasteiger partial charge in [0.05, 0.1) is 12.6 Å². The van der Waals surface area contributed by atoms with Crippen molar-refractivity contribution in [1.82, 2.24) is 14.8 Å². The van der Waals surface area contributed by atoms with Crippen LogP contribution in [0.4, 0.5) is 0 Å². The lowest BCUT2D eigenvalue weighted by molar-refractivity contribution is 0.103. The van der Waals surface area contributed by atoms with Crippen LogP contribution in [0.3, 0.4) is 0 Å². The Kier molecular flexibility index (Phi) is 2.21. The molecule has 2 atom stereocenters. The molecule has 5 nitrogen and oxygen atoms in total. The van der Waals surface area contributed by atoms with Crippen LogP contribution in [0.25, 0.3) is 0 Å². The van der Waals surface area contributed by atoms with Gasteiger partial charge in [0.25, 0.3) is 0 Å². The van der Waals surface area contributed by atoms with Gasteiger partial charge in [-0.25, -0.2) is 9.67 Å². The number of aliphatic hydroxyl groups excluding tert-OH is 1. The lowest BCUT2D eigenvalue weighted by atomic mass is 10.1. The van der Waals surface area contributed by atoms with Crippen molar-refractivity contribution in [2.75, 3.05) is 6.61 Å². The number of aliphatic hydroxyl groups is 1. The number of nitrogens with zero attached hydrogens (tertiary/aromatic N) is 3. The van der Waals surface area contributed by atoms with Crippen molar-refractivity contribution in [1.29, 1.82) is 0 Å². The zero-order valence-corrected chi connectivity index (χ0v) is 8.59. The lowest BCUT2D eigenvalue weighted by Crippen LogP contribution is -2.25. The van der Waals surface area contributed by atoms with Crippen LogP contribution >= 0.6 is 0 Å². The second kappa shape index (κ2) is 3.57. The fourth-order valence-corrected chi connectivity index (χ4v) is 2.23. The van der Waals surface area contributed by atoms with Crippen LogP contribution in [0.2, 0.25) is 0 Å². The van der Waals surface area contributed by atoms with E-state index in [4.69, 9.17) is 4.74 Å². The molecule has 0 radical (unpaired) electrons. The molecule has 5 heteroatoms. The highest BCUT2D eigenvalue weighted by Crippen LogP contribution is 2.27. The predicted octanol–water partition coefficient (Wildman–Crippen LogP) is 0.437. The van der Waals surface area contributed by atoms with E-state index in [0.717, 1.165) is 43.9 Å². The maximum absolute atomic E-state index is 9.51. The first kappa shape index (κ1) is 9.30. The van der Waals surface area contributed by atoms with Gasteiger partial charge in [-0.3, -0.25) is 0 Å². The average Bonchev–Trinajstić information content (AvgIpc) is 2.84. The molecule has 3 heterocycles. The third-order valence-electron chi connectivity index (χ3n) is 3.07. The second-order valence-electron chi connectivity index (χ2n) is 4.26. The summed E-state index contributed by atoms with van der Waals surface area (Å²) in [6, 6.07) is 0. The van der Waals surface area contributed by atoms with Crippen molar-refractivity contribution < 1.29 is 9.84 Å². The average molecular weight is 209 g/mol. The van der Waals surface area contributed by atoms with E-state index in [1.165, 1.54) is 0 Å². The molecule has 82 valence electrons. The highest BCUT2D eigenvalue weighted by atomic mass is 16.5. The topological polar surface area (TPSA) is 60.2 Å². The first-order valence-corrected chi connectivity index (χ1v) is 5.56. The fraction of sp³-hybridized carbons (Fsp3) is 0.800. The van der Waals surface area contributed by atoms with E-state index in [2.05, 4.69) is 10.1 Å². The molecule has 0 aliphatic carbocycles. The first-order valence-electron chi connectivity index (χ1n) is 5.56. The zero-order chi connectivity index (χ0) is 10.3. The van der Waals surface area contributed by atoms with Gasteiger partial charge in [-0.05, 0) is 19.3 Å². The number of hydrogen-bond acceptors (Lipinski definition) is 4. The molecular formula is C10H15N3O2. The molecule has 2 unspecified atom stereocenters. The monoisotopic (exact) mass is 209 g/mol. The summed E-state index contributed by atoms with van der Waals surface area (Å²) in [5.41, 5.74) is 0. The lowest BCUT2D eigenvalue weighted by Gasteiger charge is -2.16. The van der Waals surface area contributed by atoms with Crippen LogP contribution in [0.1, 0.15) is 37.0 Å². The number of ether oxygens (including phenoxy) is 1. The molecule has 1 N–H and O–H groups in total. The number of hydrogen-bond donors (Lipinski definition) is 1. The Hall–Kier alpha value is -0.940. The Balaban J connectivity index is 1.85. The van der Waals surface area contributed by atoms with E-state index >= 15 is 0 Å². The molecule has 0 amide bonds. The summed E-state index contributed by atoms with van der Waals surface area (Å²) in [7, 11) is 0. The molecule has 1 saturated heterocycles. The summed E-state index contributed by atoms with van der Waals surface area (Å²) in [6.45, 7) is 1.40.